The third kappa shape index (κ3) is 5.80. The lowest BCUT2D eigenvalue weighted by molar-refractivity contribution is 0.673. The van der Waals surface area contributed by atoms with E-state index in [2.05, 4.69) is 25.7 Å². The van der Waals surface area contributed by atoms with Crippen LogP contribution < -0.4 is 10.6 Å². The first-order chi connectivity index (χ1) is 10.2. The normalized spacial score (nSPS) is 11.0. The minimum Gasteiger partial charge on any atom is -0.357 e. The Morgan fingerprint density at radius 3 is 2.59 bits per heavy atom. The van der Waals surface area contributed by atoms with Crippen LogP contribution in [0.3, 0.4) is 0 Å². The topological polar surface area (TPSA) is 67.1 Å². The summed E-state index contributed by atoms with van der Waals surface area (Å²) in [6.07, 6.45) is 1.54. The molecule has 0 unspecified atom stereocenters. The van der Waals surface area contributed by atoms with Gasteiger partial charge in [-0.1, -0.05) is 23.7 Å². The smallest absolute Gasteiger partial charge is 0.191 e. The second kappa shape index (κ2) is 9.62. The molecule has 2 aromatic rings. The average molecular weight is 435 g/mol. The molecule has 0 aliphatic carbocycles. The van der Waals surface area contributed by atoms with Gasteiger partial charge < -0.3 is 10.6 Å². The maximum absolute atomic E-state index is 5.87. The van der Waals surface area contributed by atoms with E-state index in [1.54, 1.807) is 4.68 Å². The highest BCUT2D eigenvalue weighted by Gasteiger charge is 2.02. The van der Waals surface area contributed by atoms with Crippen LogP contribution >= 0.6 is 35.6 Å². The molecule has 0 fully saturated rings. The summed E-state index contributed by atoms with van der Waals surface area (Å²) >= 11 is 5.87. The third-order valence-corrected chi connectivity index (χ3v) is 3.15. The number of halogens is 2. The Kier molecular flexibility index (Phi) is 8.18. The van der Waals surface area contributed by atoms with Crippen molar-refractivity contribution in [3.8, 4) is 0 Å². The molecule has 0 spiro atoms. The van der Waals surface area contributed by atoms with Crippen LogP contribution in [0, 0.1) is 0 Å². The minimum absolute atomic E-state index is 0. The highest BCUT2D eigenvalue weighted by molar-refractivity contribution is 14.0. The van der Waals surface area contributed by atoms with Gasteiger partial charge >= 0.3 is 0 Å². The summed E-state index contributed by atoms with van der Waals surface area (Å²) in [5, 5.41) is 11.2. The lowest BCUT2D eigenvalue weighted by Crippen LogP contribution is -2.37. The van der Waals surface area contributed by atoms with Crippen molar-refractivity contribution in [2.75, 3.05) is 6.54 Å². The number of aryl methyl sites for hydroxylation is 1. The minimum atomic E-state index is 0. The first-order valence-corrected chi connectivity index (χ1v) is 7.16. The fourth-order valence-electron chi connectivity index (χ4n) is 1.74. The number of hydrogen-bond acceptors (Lipinski definition) is 3. The van der Waals surface area contributed by atoms with Crippen molar-refractivity contribution in [1.82, 2.24) is 25.4 Å². The molecule has 8 heteroatoms. The van der Waals surface area contributed by atoms with Crippen molar-refractivity contribution in [2.45, 2.75) is 20.0 Å². The fourth-order valence-corrected chi connectivity index (χ4v) is 1.87. The Hall–Kier alpha value is -1.35. The number of rotatable bonds is 5. The van der Waals surface area contributed by atoms with Crippen molar-refractivity contribution < 1.29 is 0 Å². The zero-order valence-corrected chi connectivity index (χ0v) is 15.7. The van der Waals surface area contributed by atoms with E-state index in [1.165, 1.54) is 6.33 Å². The van der Waals surface area contributed by atoms with E-state index in [0.29, 0.717) is 13.1 Å². The number of aliphatic imine (C=N–C) groups is 1. The molecular formula is C14H20ClIN6. The number of guanidine groups is 1. The van der Waals surface area contributed by atoms with E-state index in [1.807, 2.05) is 38.2 Å². The molecule has 120 valence electrons. The van der Waals surface area contributed by atoms with Gasteiger partial charge in [0.1, 0.15) is 12.2 Å². The Labute approximate surface area is 152 Å². The van der Waals surface area contributed by atoms with Gasteiger partial charge in [-0.25, -0.2) is 9.98 Å². The van der Waals surface area contributed by atoms with Crippen LogP contribution in [0.5, 0.6) is 0 Å². The highest BCUT2D eigenvalue weighted by atomic mass is 127. The van der Waals surface area contributed by atoms with Gasteiger partial charge in [-0.3, -0.25) is 4.68 Å². The van der Waals surface area contributed by atoms with Gasteiger partial charge in [0.25, 0.3) is 0 Å². The van der Waals surface area contributed by atoms with Gasteiger partial charge in [0.05, 0.1) is 13.1 Å². The van der Waals surface area contributed by atoms with Crippen molar-refractivity contribution in [3.05, 3.63) is 47.0 Å². The van der Waals surface area contributed by atoms with Crippen LogP contribution in [-0.2, 0) is 20.1 Å². The molecule has 0 radical (unpaired) electrons. The number of aromatic nitrogens is 3. The Morgan fingerprint density at radius 1 is 1.27 bits per heavy atom. The van der Waals surface area contributed by atoms with Crippen LogP contribution in [0.1, 0.15) is 18.3 Å². The molecule has 0 aliphatic rings. The Balaban J connectivity index is 0.00000242. The van der Waals surface area contributed by atoms with Crippen LogP contribution in [-0.4, -0.2) is 27.3 Å². The molecule has 1 aromatic heterocycles. The molecule has 22 heavy (non-hydrogen) atoms. The number of hydrogen-bond donors (Lipinski definition) is 2. The van der Waals surface area contributed by atoms with E-state index in [4.69, 9.17) is 11.6 Å². The van der Waals surface area contributed by atoms with Gasteiger partial charge in [-0.05, 0) is 24.6 Å². The standard InChI is InChI=1S/C14H19ClN6.HI/c1-3-16-14(18-9-13-19-10-20-21(13)2)17-8-11-4-6-12(15)7-5-11;/h4-7,10H,3,8-9H2,1-2H3,(H2,16,17,18);1H. The van der Waals surface area contributed by atoms with Gasteiger partial charge in [0.2, 0.25) is 0 Å². The summed E-state index contributed by atoms with van der Waals surface area (Å²) in [4.78, 5) is 8.70. The summed E-state index contributed by atoms with van der Waals surface area (Å²) in [7, 11) is 1.86. The maximum Gasteiger partial charge on any atom is 0.191 e. The molecule has 1 aromatic carbocycles. The molecular weight excluding hydrogens is 415 g/mol. The first-order valence-electron chi connectivity index (χ1n) is 6.78. The zero-order chi connectivity index (χ0) is 15.1. The Bertz CT molecular complexity index is 596. The van der Waals surface area contributed by atoms with Crippen LogP contribution in [0.4, 0.5) is 0 Å². The Morgan fingerprint density at radius 2 is 2.00 bits per heavy atom. The predicted octanol–water partition coefficient (Wildman–Crippen LogP) is 2.34. The molecule has 6 nitrogen and oxygen atoms in total. The van der Waals surface area contributed by atoms with E-state index in [9.17, 15) is 0 Å². The second-order valence-electron chi connectivity index (χ2n) is 4.48. The van der Waals surface area contributed by atoms with E-state index < -0.39 is 0 Å². The van der Waals surface area contributed by atoms with E-state index in [0.717, 1.165) is 28.9 Å². The highest BCUT2D eigenvalue weighted by Crippen LogP contribution is 2.10. The molecule has 0 aliphatic heterocycles. The lowest BCUT2D eigenvalue weighted by atomic mass is 10.2. The zero-order valence-electron chi connectivity index (χ0n) is 12.6. The number of nitrogens with zero attached hydrogens (tertiary/aromatic N) is 4. The SMILES string of the molecule is CCNC(=NCc1ccc(Cl)cc1)NCc1ncnn1C.I. The van der Waals surface area contributed by atoms with Crippen LogP contribution in [0.25, 0.3) is 0 Å². The molecule has 0 saturated carbocycles. The summed E-state index contributed by atoms with van der Waals surface area (Å²) in [5.41, 5.74) is 1.11. The largest absolute Gasteiger partial charge is 0.357 e. The summed E-state index contributed by atoms with van der Waals surface area (Å²) < 4.78 is 1.73. The van der Waals surface area contributed by atoms with Gasteiger partial charge in [-0.15, -0.1) is 24.0 Å². The number of nitrogens with one attached hydrogen (secondary N) is 2. The molecule has 0 atom stereocenters. The second-order valence-corrected chi connectivity index (χ2v) is 4.91. The summed E-state index contributed by atoms with van der Waals surface area (Å²) in [6.45, 7) is 3.99. The molecule has 1 heterocycles. The lowest BCUT2D eigenvalue weighted by Gasteiger charge is -2.10. The maximum atomic E-state index is 5.87. The fraction of sp³-hybridized carbons (Fsp3) is 0.357. The average Bonchev–Trinajstić information content (AvgIpc) is 2.89. The predicted molar refractivity (Wildman–Crippen MR) is 99.5 cm³/mol. The molecule has 0 saturated heterocycles. The third-order valence-electron chi connectivity index (χ3n) is 2.90. The van der Waals surface area contributed by atoms with E-state index >= 15 is 0 Å². The van der Waals surface area contributed by atoms with Gasteiger partial charge in [0.15, 0.2) is 5.96 Å². The van der Waals surface area contributed by atoms with Crippen LogP contribution in [0.15, 0.2) is 35.6 Å². The quantitative estimate of drug-likeness (QED) is 0.431. The summed E-state index contributed by atoms with van der Waals surface area (Å²) in [6, 6.07) is 7.68. The summed E-state index contributed by atoms with van der Waals surface area (Å²) in [5.74, 6) is 1.60. The molecule has 0 amide bonds. The van der Waals surface area contributed by atoms with Gasteiger partial charge in [-0.2, -0.15) is 5.10 Å². The molecule has 2 rings (SSSR count). The number of benzene rings is 1. The van der Waals surface area contributed by atoms with Crippen molar-refractivity contribution in [3.63, 3.8) is 0 Å². The first kappa shape index (κ1) is 18.7. The molecule has 2 N–H and O–H groups in total. The monoisotopic (exact) mass is 434 g/mol. The van der Waals surface area contributed by atoms with Crippen LogP contribution in [0.2, 0.25) is 5.02 Å². The van der Waals surface area contributed by atoms with Gasteiger partial charge in [0, 0.05) is 18.6 Å². The van der Waals surface area contributed by atoms with Crippen molar-refractivity contribution in [1.29, 1.82) is 0 Å². The molecule has 0 bridgehead atoms. The van der Waals surface area contributed by atoms with Crippen molar-refractivity contribution in [2.24, 2.45) is 12.0 Å². The van der Waals surface area contributed by atoms with E-state index in [-0.39, 0.29) is 24.0 Å². The van der Waals surface area contributed by atoms with Crippen molar-refractivity contribution >= 4 is 41.5 Å².